The molecule has 1 aromatic heterocycles. The molecule has 170 valence electrons. The highest BCUT2D eigenvalue weighted by Crippen LogP contribution is 2.32. The number of aryl methyl sites for hydroxylation is 1. The second-order valence-corrected chi connectivity index (χ2v) is 10.7. The van der Waals surface area contributed by atoms with Gasteiger partial charge in [-0.2, -0.15) is 0 Å². The summed E-state index contributed by atoms with van der Waals surface area (Å²) in [5.41, 5.74) is 2.40. The molecule has 0 saturated carbocycles. The molecule has 0 fully saturated rings. The molecule has 2 aromatic carbocycles. The van der Waals surface area contributed by atoms with Gasteiger partial charge >= 0.3 is 5.97 Å². The molecule has 0 N–H and O–H groups in total. The van der Waals surface area contributed by atoms with E-state index in [1.54, 1.807) is 36.4 Å². The maximum absolute atomic E-state index is 13.7. The number of aromatic nitrogens is 1. The summed E-state index contributed by atoms with van der Waals surface area (Å²) < 4.78 is 34.3. The number of carbonyl (C=O) groups excluding carboxylic acids is 1. The summed E-state index contributed by atoms with van der Waals surface area (Å²) in [6.07, 6.45) is 5.38. The highest BCUT2D eigenvalue weighted by Gasteiger charge is 2.26. The van der Waals surface area contributed by atoms with Crippen LogP contribution in [-0.2, 0) is 26.0 Å². The van der Waals surface area contributed by atoms with Crippen molar-refractivity contribution in [1.29, 1.82) is 0 Å². The van der Waals surface area contributed by atoms with Crippen molar-refractivity contribution >= 4 is 33.0 Å². The minimum absolute atomic E-state index is 0.240. The van der Waals surface area contributed by atoms with E-state index in [9.17, 15) is 13.2 Å². The molecule has 3 rings (SSSR count). The molecule has 0 aliphatic heterocycles. The Bertz CT molecular complexity index is 1240. The molecule has 0 unspecified atom stereocenters. The van der Waals surface area contributed by atoms with Gasteiger partial charge in [-0.15, -0.1) is 0 Å². The first-order valence-corrected chi connectivity index (χ1v) is 12.3. The molecule has 0 saturated heterocycles. The number of para-hydroxylation sites is 1. The van der Waals surface area contributed by atoms with Gasteiger partial charge in [0.2, 0.25) is 0 Å². The quantitative estimate of drug-likeness (QED) is 0.331. The molecular weight excluding hydrogens is 422 g/mol. The Morgan fingerprint density at radius 3 is 2.34 bits per heavy atom. The van der Waals surface area contributed by atoms with Crippen molar-refractivity contribution < 1.29 is 17.9 Å². The largest absolute Gasteiger partial charge is 0.457 e. The number of rotatable bonds is 7. The van der Waals surface area contributed by atoms with Crippen LogP contribution in [0, 0.1) is 6.92 Å². The fourth-order valence-corrected chi connectivity index (χ4v) is 5.22. The minimum atomic E-state index is -3.82. The van der Waals surface area contributed by atoms with Crippen LogP contribution >= 0.6 is 0 Å². The van der Waals surface area contributed by atoms with Crippen LogP contribution in [0.4, 0.5) is 0 Å². The van der Waals surface area contributed by atoms with Crippen molar-refractivity contribution in [3.8, 4) is 0 Å². The van der Waals surface area contributed by atoms with Crippen molar-refractivity contribution in [2.45, 2.75) is 64.4 Å². The average Bonchev–Trinajstić information content (AvgIpc) is 3.03. The van der Waals surface area contributed by atoms with Crippen molar-refractivity contribution in [3.63, 3.8) is 0 Å². The number of benzene rings is 2. The van der Waals surface area contributed by atoms with Crippen LogP contribution in [0.5, 0.6) is 0 Å². The highest BCUT2D eigenvalue weighted by molar-refractivity contribution is 7.90. The van der Waals surface area contributed by atoms with Gasteiger partial charge in [0.25, 0.3) is 10.0 Å². The maximum Gasteiger partial charge on any atom is 0.331 e. The van der Waals surface area contributed by atoms with Gasteiger partial charge in [0.05, 0.1) is 10.4 Å². The lowest BCUT2D eigenvalue weighted by atomic mass is 10.1. The van der Waals surface area contributed by atoms with E-state index >= 15 is 0 Å². The second-order valence-electron chi connectivity index (χ2n) is 8.93. The molecule has 0 spiro atoms. The lowest BCUT2D eigenvalue weighted by molar-refractivity contribution is -0.148. The number of unbranched alkanes of at least 4 members (excludes halogenated alkanes) is 1. The Labute approximate surface area is 190 Å². The topological polar surface area (TPSA) is 65.4 Å². The summed E-state index contributed by atoms with van der Waals surface area (Å²) in [5.74, 6) is -0.461. The van der Waals surface area contributed by atoms with E-state index in [-0.39, 0.29) is 4.90 Å². The Balaban J connectivity index is 2.23. The number of fused-ring (bicyclic) bond motifs is 1. The van der Waals surface area contributed by atoms with E-state index in [0.717, 1.165) is 29.4 Å². The van der Waals surface area contributed by atoms with Gasteiger partial charge in [0.15, 0.2) is 0 Å². The van der Waals surface area contributed by atoms with Crippen LogP contribution in [0.3, 0.4) is 0 Å². The zero-order chi connectivity index (χ0) is 23.5. The molecule has 32 heavy (non-hydrogen) atoms. The zero-order valence-corrected chi connectivity index (χ0v) is 20.2. The number of hydrogen-bond donors (Lipinski definition) is 0. The molecule has 0 bridgehead atoms. The predicted molar refractivity (Wildman–Crippen MR) is 129 cm³/mol. The molecule has 0 atom stereocenters. The van der Waals surface area contributed by atoms with Crippen LogP contribution in [-0.4, -0.2) is 24.0 Å². The van der Waals surface area contributed by atoms with Crippen LogP contribution in [0.25, 0.3) is 17.0 Å². The van der Waals surface area contributed by atoms with E-state index in [4.69, 9.17) is 4.74 Å². The first-order chi connectivity index (χ1) is 15.0. The summed E-state index contributed by atoms with van der Waals surface area (Å²) in [5, 5.41) is 0.786. The van der Waals surface area contributed by atoms with Gasteiger partial charge < -0.3 is 4.74 Å². The number of esters is 1. The summed E-state index contributed by atoms with van der Waals surface area (Å²) in [4.78, 5) is 12.6. The third-order valence-corrected chi connectivity index (χ3v) is 6.85. The fourth-order valence-electron chi connectivity index (χ4n) is 3.63. The molecule has 5 nitrogen and oxygen atoms in total. The molecule has 0 aliphatic carbocycles. The number of hydrogen-bond acceptors (Lipinski definition) is 4. The summed E-state index contributed by atoms with van der Waals surface area (Å²) in [7, 11) is -3.82. The van der Waals surface area contributed by atoms with Crippen LogP contribution < -0.4 is 0 Å². The van der Waals surface area contributed by atoms with E-state index in [0.29, 0.717) is 17.6 Å². The maximum atomic E-state index is 13.7. The van der Waals surface area contributed by atoms with Crippen molar-refractivity contribution in [1.82, 2.24) is 3.97 Å². The Morgan fingerprint density at radius 2 is 1.72 bits per heavy atom. The van der Waals surface area contributed by atoms with Gasteiger partial charge in [0, 0.05) is 22.7 Å². The van der Waals surface area contributed by atoms with Crippen LogP contribution in [0.15, 0.2) is 59.5 Å². The van der Waals surface area contributed by atoms with Crippen molar-refractivity contribution in [2.24, 2.45) is 0 Å². The molecule has 0 radical (unpaired) electrons. The third-order valence-electron chi connectivity index (χ3n) is 5.09. The first-order valence-electron chi connectivity index (χ1n) is 10.9. The van der Waals surface area contributed by atoms with Crippen LogP contribution in [0.1, 0.15) is 57.4 Å². The van der Waals surface area contributed by atoms with Crippen molar-refractivity contribution in [2.75, 3.05) is 0 Å². The normalized spacial score (nSPS) is 12.5. The van der Waals surface area contributed by atoms with Gasteiger partial charge in [-0.1, -0.05) is 49.2 Å². The first kappa shape index (κ1) is 23.8. The number of nitrogens with zero attached hydrogens (tertiary/aromatic N) is 1. The second kappa shape index (κ2) is 9.33. The summed E-state index contributed by atoms with van der Waals surface area (Å²) >= 11 is 0. The van der Waals surface area contributed by atoms with E-state index < -0.39 is 21.6 Å². The predicted octanol–water partition coefficient (Wildman–Crippen LogP) is 5.88. The molecule has 3 aromatic rings. The smallest absolute Gasteiger partial charge is 0.331 e. The highest BCUT2D eigenvalue weighted by atomic mass is 32.2. The summed E-state index contributed by atoms with van der Waals surface area (Å²) in [6.45, 7) is 9.42. The Morgan fingerprint density at radius 1 is 1.06 bits per heavy atom. The van der Waals surface area contributed by atoms with E-state index in [1.165, 1.54) is 10.0 Å². The Kier molecular flexibility index (Phi) is 6.94. The third kappa shape index (κ3) is 5.13. The monoisotopic (exact) mass is 453 g/mol. The molecule has 1 heterocycles. The standard InChI is InChI=1S/C26H31NO4S/c1-6-7-11-23-22(17-18-25(28)31-26(3,4)5)21-10-8-9-12-24(21)27(23)32(29,30)20-15-13-19(2)14-16-20/h8-10,12-18H,6-7,11H2,1-5H3/b18-17+. The minimum Gasteiger partial charge on any atom is -0.457 e. The molecule has 6 heteroatoms. The summed E-state index contributed by atoms with van der Waals surface area (Å²) in [6, 6.07) is 14.3. The fraction of sp³-hybridized carbons (Fsp3) is 0.346. The Hall–Kier alpha value is -2.86. The molecular formula is C26H31NO4S. The van der Waals surface area contributed by atoms with Gasteiger partial charge in [0.1, 0.15) is 5.60 Å². The van der Waals surface area contributed by atoms with Crippen molar-refractivity contribution in [3.05, 3.63) is 71.4 Å². The average molecular weight is 454 g/mol. The zero-order valence-electron chi connectivity index (χ0n) is 19.4. The SMILES string of the molecule is CCCCc1c(/C=C/C(=O)OC(C)(C)C)c2ccccc2n1S(=O)(=O)c1ccc(C)cc1. The van der Waals surface area contributed by atoms with Gasteiger partial charge in [-0.25, -0.2) is 17.2 Å². The van der Waals surface area contributed by atoms with Gasteiger partial charge in [-0.05, 0) is 64.8 Å². The van der Waals surface area contributed by atoms with E-state index in [1.807, 2.05) is 45.9 Å². The lowest BCUT2D eigenvalue weighted by Gasteiger charge is -2.18. The molecule has 0 amide bonds. The molecule has 0 aliphatic rings. The lowest BCUT2D eigenvalue weighted by Crippen LogP contribution is -2.22. The number of ether oxygens (including phenoxy) is 1. The van der Waals surface area contributed by atoms with Crippen LogP contribution in [0.2, 0.25) is 0 Å². The van der Waals surface area contributed by atoms with Gasteiger partial charge in [-0.3, -0.25) is 0 Å². The number of carbonyl (C=O) groups is 1. The van der Waals surface area contributed by atoms with E-state index in [2.05, 4.69) is 6.92 Å².